The van der Waals surface area contributed by atoms with Gasteiger partial charge in [-0.05, 0) is 32.9 Å². The van der Waals surface area contributed by atoms with Gasteiger partial charge in [0.2, 0.25) is 0 Å². The number of anilines is 1. The van der Waals surface area contributed by atoms with Crippen molar-refractivity contribution in [2.45, 2.75) is 26.3 Å². The molecule has 0 unspecified atom stereocenters. The number of rotatable bonds is 6. The van der Waals surface area contributed by atoms with Gasteiger partial charge in [0.25, 0.3) is 5.91 Å². The second-order valence-electron chi connectivity index (χ2n) is 5.72. The van der Waals surface area contributed by atoms with E-state index in [9.17, 15) is 4.79 Å². The Morgan fingerprint density at radius 1 is 1.43 bits per heavy atom. The maximum absolute atomic E-state index is 12.2. The van der Waals surface area contributed by atoms with Gasteiger partial charge in [0.1, 0.15) is 5.69 Å². The van der Waals surface area contributed by atoms with Crippen molar-refractivity contribution in [1.29, 1.82) is 0 Å². The van der Waals surface area contributed by atoms with E-state index < -0.39 is 0 Å². The van der Waals surface area contributed by atoms with E-state index in [1.807, 2.05) is 24.6 Å². The molecule has 1 aromatic rings. The molecule has 2 rings (SSSR count). The fraction of sp³-hybridized carbons (Fsp3) is 0.667. The third kappa shape index (κ3) is 4.47. The van der Waals surface area contributed by atoms with E-state index in [4.69, 9.17) is 10.5 Å². The average Bonchev–Trinajstić information content (AvgIpc) is 2.87. The van der Waals surface area contributed by atoms with Gasteiger partial charge in [-0.3, -0.25) is 9.69 Å². The summed E-state index contributed by atoms with van der Waals surface area (Å²) >= 11 is 0. The van der Waals surface area contributed by atoms with Crippen LogP contribution < -0.4 is 11.1 Å². The van der Waals surface area contributed by atoms with Crippen LogP contribution in [0.2, 0.25) is 0 Å². The molecule has 1 amide bonds. The Hall–Kier alpha value is -1.53. The standard InChI is InChI=1S/C15H26N4O2/c1-12(2)19-11-13(16)10-14(19)15(20)17-4-3-5-18-6-8-21-9-7-18/h10-12H,3-9,16H2,1-2H3,(H,17,20). The van der Waals surface area contributed by atoms with Crippen LogP contribution >= 0.6 is 0 Å². The van der Waals surface area contributed by atoms with Crippen LogP contribution in [0, 0.1) is 0 Å². The van der Waals surface area contributed by atoms with E-state index in [0.29, 0.717) is 17.9 Å². The average molecular weight is 294 g/mol. The second kappa shape index (κ2) is 7.47. The highest BCUT2D eigenvalue weighted by molar-refractivity contribution is 5.93. The Morgan fingerprint density at radius 3 is 2.81 bits per heavy atom. The Kier molecular flexibility index (Phi) is 5.64. The smallest absolute Gasteiger partial charge is 0.267 e. The number of morpholine rings is 1. The zero-order valence-electron chi connectivity index (χ0n) is 13.0. The minimum Gasteiger partial charge on any atom is -0.397 e. The summed E-state index contributed by atoms with van der Waals surface area (Å²) in [6, 6.07) is 1.95. The van der Waals surface area contributed by atoms with E-state index in [1.54, 1.807) is 6.07 Å². The van der Waals surface area contributed by atoms with Gasteiger partial charge in [-0.25, -0.2) is 0 Å². The Bertz CT molecular complexity index is 464. The van der Waals surface area contributed by atoms with Gasteiger partial charge in [-0.15, -0.1) is 0 Å². The van der Waals surface area contributed by atoms with Crippen LogP contribution in [0.25, 0.3) is 0 Å². The molecule has 21 heavy (non-hydrogen) atoms. The van der Waals surface area contributed by atoms with Crippen LogP contribution in [0.5, 0.6) is 0 Å². The number of nitrogens with zero attached hydrogens (tertiary/aromatic N) is 2. The topological polar surface area (TPSA) is 72.5 Å². The minimum absolute atomic E-state index is 0.0534. The van der Waals surface area contributed by atoms with Crippen LogP contribution in [0.1, 0.15) is 36.8 Å². The first-order valence-electron chi connectivity index (χ1n) is 7.63. The summed E-state index contributed by atoms with van der Waals surface area (Å²) in [5.41, 5.74) is 7.05. The molecule has 118 valence electrons. The number of ether oxygens (including phenoxy) is 1. The van der Waals surface area contributed by atoms with E-state index in [2.05, 4.69) is 10.2 Å². The lowest BCUT2D eigenvalue weighted by Crippen LogP contribution is -2.38. The largest absolute Gasteiger partial charge is 0.397 e. The summed E-state index contributed by atoms with van der Waals surface area (Å²) in [6.07, 6.45) is 2.76. The highest BCUT2D eigenvalue weighted by atomic mass is 16.5. The molecular formula is C15H26N4O2. The molecule has 1 fully saturated rings. The van der Waals surface area contributed by atoms with Gasteiger partial charge >= 0.3 is 0 Å². The molecule has 0 aliphatic carbocycles. The van der Waals surface area contributed by atoms with Crippen LogP contribution in [0.4, 0.5) is 5.69 Å². The lowest BCUT2D eigenvalue weighted by Gasteiger charge is -2.26. The summed E-state index contributed by atoms with van der Waals surface area (Å²) in [5, 5.41) is 2.97. The van der Waals surface area contributed by atoms with Crippen molar-refractivity contribution in [3.8, 4) is 0 Å². The van der Waals surface area contributed by atoms with Gasteiger partial charge in [0, 0.05) is 31.9 Å². The number of nitrogens with two attached hydrogens (primary N) is 1. The first kappa shape index (κ1) is 15.9. The Morgan fingerprint density at radius 2 is 2.14 bits per heavy atom. The molecule has 0 spiro atoms. The Balaban J connectivity index is 1.76. The van der Waals surface area contributed by atoms with Crippen LogP contribution in [-0.4, -0.2) is 54.8 Å². The quantitative estimate of drug-likeness (QED) is 0.771. The maximum Gasteiger partial charge on any atom is 0.267 e. The van der Waals surface area contributed by atoms with Crippen molar-refractivity contribution in [1.82, 2.24) is 14.8 Å². The number of nitrogens with one attached hydrogen (secondary N) is 1. The zero-order chi connectivity index (χ0) is 15.2. The van der Waals surface area contributed by atoms with E-state index in [1.165, 1.54) is 0 Å². The number of hydrogen-bond donors (Lipinski definition) is 2. The number of aromatic nitrogens is 1. The molecule has 0 bridgehead atoms. The van der Waals surface area contributed by atoms with Crippen molar-refractivity contribution < 1.29 is 9.53 Å². The molecule has 1 aromatic heterocycles. The number of carbonyl (C=O) groups is 1. The SMILES string of the molecule is CC(C)n1cc(N)cc1C(=O)NCCCN1CCOCC1. The molecule has 6 nitrogen and oxygen atoms in total. The van der Waals surface area contributed by atoms with Crippen molar-refractivity contribution in [3.05, 3.63) is 18.0 Å². The fourth-order valence-electron chi connectivity index (χ4n) is 2.53. The van der Waals surface area contributed by atoms with Crippen LogP contribution in [-0.2, 0) is 4.74 Å². The van der Waals surface area contributed by atoms with Crippen molar-refractivity contribution in [2.75, 3.05) is 45.1 Å². The molecule has 0 atom stereocenters. The summed E-state index contributed by atoms with van der Waals surface area (Å²) in [4.78, 5) is 14.6. The lowest BCUT2D eigenvalue weighted by molar-refractivity contribution is 0.0374. The van der Waals surface area contributed by atoms with E-state index in [0.717, 1.165) is 39.3 Å². The molecule has 1 aliphatic heterocycles. The summed E-state index contributed by atoms with van der Waals surface area (Å²) in [6.45, 7) is 9.35. The molecule has 0 radical (unpaired) electrons. The van der Waals surface area contributed by atoms with Gasteiger partial charge in [0.05, 0.1) is 18.9 Å². The van der Waals surface area contributed by atoms with Gasteiger partial charge in [0.15, 0.2) is 0 Å². The zero-order valence-corrected chi connectivity index (χ0v) is 13.0. The number of nitrogen functional groups attached to an aromatic ring is 1. The maximum atomic E-state index is 12.2. The van der Waals surface area contributed by atoms with E-state index >= 15 is 0 Å². The first-order chi connectivity index (χ1) is 10.1. The normalized spacial score (nSPS) is 16.3. The summed E-state index contributed by atoms with van der Waals surface area (Å²) < 4.78 is 7.22. The minimum atomic E-state index is -0.0534. The molecule has 3 N–H and O–H groups in total. The third-order valence-corrected chi connectivity index (χ3v) is 3.70. The molecule has 1 aliphatic rings. The summed E-state index contributed by atoms with van der Waals surface area (Å²) in [7, 11) is 0. The molecule has 0 aromatic carbocycles. The number of hydrogen-bond acceptors (Lipinski definition) is 4. The van der Waals surface area contributed by atoms with Crippen LogP contribution in [0.15, 0.2) is 12.3 Å². The molecule has 0 saturated carbocycles. The third-order valence-electron chi connectivity index (χ3n) is 3.70. The lowest BCUT2D eigenvalue weighted by atomic mass is 10.3. The number of carbonyl (C=O) groups excluding carboxylic acids is 1. The van der Waals surface area contributed by atoms with Gasteiger partial charge in [-0.1, -0.05) is 0 Å². The monoisotopic (exact) mass is 294 g/mol. The van der Waals surface area contributed by atoms with Crippen LogP contribution in [0.3, 0.4) is 0 Å². The summed E-state index contributed by atoms with van der Waals surface area (Å²) in [5.74, 6) is -0.0534. The highest BCUT2D eigenvalue weighted by Crippen LogP contribution is 2.16. The first-order valence-corrected chi connectivity index (χ1v) is 7.63. The molecule has 2 heterocycles. The van der Waals surface area contributed by atoms with Crippen molar-refractivity contribution in [2.24, 2.45) is 0 Å². The van der Waals surface area contributed by atoms with Gasteiger partial charge in [-0.2, -0.15) is 0 Å². The van der Waals surface area contributed by atoms with E-state index in [-0.39, 0.29) is 11.9 Å². The Labute approximate surface area is 126 Å². The fourth-order valence-corrected chi connectivity index (χ4v) is 2.53. The number of amides is 1. The predicted molar refractivity (Wildman–Crippen MR) is 83.4 cm³/mol. The predicted octanol–water partition coefficient (Wildman–Crippen LogP) is 1.10. The molecule has 1 saturated heterocycles. The highest BCUT2D eigenvalue weighted by Gasteiger charge is 2.15. The van der Waals surface area contributed by atoms with Crippen molar-refractivity contribution in [3.63, 3.8) is 0 Å². The second-order valence-corrected chi connectivity index (χ2v) is 5.72. The van der Waals surface area contributed by atoms with Crippen molar-refractivity contribution >= 4 is 11.6 Å². The van der Waals surface area contributed by atoms with Gasteiger partial charge < -0.3 is 20.4 Å². The molecule has 6 heteroatoms. The molecular weight excluding hydrogens is 268 g/mol.